The molecule has 5 aromatic heterocycles. The van der Waals surface area contributed by atoms with Crippen LogP contribution in [0.2, 0.25) is 0 Å². The molecule has 1 saturated carbocycles. The Morgan fingerprint density at radius 3 is 2.71 bits per heavy atom. The molecule has 38 heavy (non-hydrogen) atoms. The maximum atomic E-state index is 12.2. The number of aromatic amines is 2. The zero-order valence-corrected chi connectivity index (χ0v) is 21.2. The molecule has 5 heterocycles. The van der Waals surface area contributed by atoms with E-state index >= 15 is 0 Å². The SMILES string of the molecule is CC(=O)c1ccc(-c2cccc3[nH]c(-c4n[nH]c5cnc(-c6cncc(NC(=O)C7CC7)c6)cc45)cc23)s1. The van der Waals surface area contributed by atoms with Gasteiger partial charge in [-0.3, -0.25) is 24.7 Å². The summed E-state index contributed by atoms with van der Waals surface area (Å²) in [5.74, 6) is 0.235. The number of hydrogen-bond donors (Lipinski definition) is 3. The normalized spacial score (nSPS) is 13.3. The van der Waals surface area contributed by atoms with Crippen LogP contribution in [-0.2, 0) is 4.79 Å². The van der Waals surface area contributed by atoms with Gasteiger partial charge in [0.1, 0.15) is 5.69 Å². The predicted octanol–water partition coefficient (Wildman–Crippen LogP) is 6.45. The molecule has 1 aliphatic rings. The summed E-state index contributed by atoms with van der Waals surface area (Å²) in [5, 5.41) is 12.6. The van der Waals surface area contributed by atoms with Crippen molar-refractivity contribution in [1.82, 2.24) is 25.1 Å². The monoisotopic (exact) mass is 518 g/mol. The number of hydrogen-bond acceptors (Lipinski definition) is 6. The van der Waals surface area contributed by atoms with Gasteiger partial charge >= 0.3 is 0 Å². The summed E-state index contributed by atoms with van der Waals surface area (Å²) in [6, 6.07) is 16.0. The van der Waals surface area contributed by atoms with E-state index in [1.54, 1.807) is 25.5 Å². The average Bonchev–Trinajstić information content (AvgIpc) is 3.32. The van der Waals surface area contributed by atoms with E-state index in [1.807, 2.05) is 36.4 Å². The summed E-state index contributed by atoms with van der Waals surface area (Å²) >= 11 is 1.50. The molecule has 0 atom stereocenters. The first-order chi connectivity index (χ1) is 18.5. The minimum absolute atomic E-state index is 0.0442. The molecule has 186 valence electrons. The highest BCUT2D eigenvalue weighted by atomic mass is 32.1. The molecule has 8 nitrogen and oxygen atoms in total. The van der Waals surface area contributed by atoms with Gasteiger partial charge in [-0.1, -0.05) is 12.1 Å². The van der Waals surface area contributed by atoms with Crippen LogP contribution in [0.1, 0.15) is 29.4 Å². The van der Waals surface area contributed by atoms with E-state index in [1.165, 1.54) is 11.3 Å². The maximum Gasteiger partial charge on any atom is 0.227 e. The van der Waals surface area contributed by atoms with E-state index in [0.717, 1.165) is 72.6 Å². The van der Waals surface area contributed by atoms with Crippen molar-refractivity contribution in [2.45, 2.75) is 19.8 Å². The van der Waals surface area contributed by atoms with Gasteiger partial charge in [0.25, 0.3) is 0 Å². The van der Waals surface area contributed by atoms with Gasteiger partial charge in [-0.15, -0.1) is 11.3 Å². The molecule has 0 radical (unpaired) electrons. The number of carbonyl (C=O) groups excluding carboxylic acids is 2. The van der Waals surface area contributed by atoms with E-state index in [2.05, 4.69) is 42.6 Å². The Labute approximate surface area is 221 Å². The lowest BCUT2D eigenvalue weighted by molar-refractivity contribution is -0.117. The zero-order valence-electron chi connectivity index (χ0n) is 20.4. The van der Waals surface area contributed by atoms with Crippen LogP contribution in [0.25, 0.3) is 54.9 Å². The molecule has 0 aliphatic heterocycles. The van der Waals surface area contributed by atoms with Crippen LogP contribution in [-0.4, -0.2) is 36.8 Å². The minimum Gasteiger partial charge on any atom is -0.353 e. The Balaban J connectivity index is 1.27. The highest BCUT2D eigenvalue weighted by Crippen LogP contribution is 2.37. The van der Waals surface area contributed by atoms with E-state index in [-0.39, 0.29) is 17.6 Å². The summed E-state index contributed by atoms with van der Waals surface area (Å²) in [5.41, 5.74) is 6.75. The van der Waals surface area contributed by atoms with Gasteiger partial charge in [-0.05, 0) is 56.2 Å². The minimum atomic E-state index is 0.0442. The van der Waals surface area contributed by atoms with Crippen molar-refractivity contribution < 1.29 is 9.59 Å². The van der Waals surface area contributed by atoms with Gasteiger partial charge in [0, 0.05) is 44.4 Å². The fourth-order valence-corrected chi connectivity index (χ4v) is 5.63. The third kappa shape index (κ3) is 3.97. The molecule has 7 rings (SSSR count). The molecular formula is C29H22N6O2S. The average molecular weight is 519 g/mol. The molecule has 6 aromatic rings. The standard InChI is InChI=1S/C29H22N6O2S/c1-15(36)26-7-8-27(38-26)19-3-2-4-22-20(19)10-24(33-22)28-21-11-23(31-14-25(21)34-35-28)17-9-18(13-30-12-17)32-29(37)16-5-6-16/h2-4,7-14,16,33H,5-6H2,1H3,(H,32,37)(H,34,35). The first-order valence-electron chi connectivity index (χ1n) is 12.4. The number of thiophene rings is 1. The number of ketones is 1. The highest BCUT2D eigenvalue weighted by molar-refractivity contribution is 7.17. The quantitative estimate of drug-likeness (QED) is 0.219. The summed E-state index contributed by atoms with van der Waals surface area (Å²) in [6.45, 7) is 1.59. The third-order valence-electron chi connectivity index (χ3n) is 6.83. The number of H-pyrrole nitrogens is 2. The van der Waals surface area contributed by atoms with Crippen LogP contribution in [0, 0.1) is 5.92 Å². The number of nitrogens with one attached hydrogen (secondary N) is 3. The summed E-state index contributed by atoms with van der Waals surface area (Å²) < 4.78 is 0. The van der Waals surface area contributed by atoms with Crippen LogP contribution in [0.3, 0.4) is 0 Å². The van der Waals surface area contributed by atoms with Crippen molar-refractivity contribution in [2.75, 3.05) is 5.32 Å². The summed E-state index contributed by atoms with van der Waals surface area (Å²) in [6.07, 6.45) is 7.05. The van der Waals surface area contributed by atoms with E-state index < -0.39 is 0 Å². The molecule has 0 spiro atoms. The molecule has 0 unspecified atom stereocenters. The van der Waals surface area contributed by atoms with E-state index in [0.29, 0.717) is 5.69 Å². The van der Waals surface area contributed by atoms with Gasteiger partial charge in [0.05, 0.1) is 39.9 Å². The fourth-order valence-electron chi connectivity index (χ4n) is 4.69. The maximum absolute atomic E-state index is 12.2. The van der Waals surface area contributed by atoms with Crippen LogP contribution in [0.4, 0.5) is 5.69 Å². The second-order valence-corrected chi connectivity index (χ2v) is 10.7. The van der Waals surface area contributed by atoms with Crippen molar-refractivity contribution in [2.24, 2.45) is 5.92 Å². The van der Waals surface area contributed by atoms with Gasteiger partial charge < -0.3 is 10.3 Å². The Kier molecular flexibility index (Phi) is 5.19. The molecule has 1 aromatic carbocycles. The molecule has 1 fully saturated rings. The number of Topliss-reactive ketones (excluding diaryl/α,β-unsaturated/α-hetero) is 1. The number of amides is 1. The molecular weight excluding hydrogens is 496 g/mol. The largest absolute Gasteiger partial charge is 0.353 e. The number of pyridine rings is 2. The number of aromatic nitrogens is 5. The van der Waals surface area contributed by atoms with Crippen molar-refractivity contribution >= 4 is 50.5 Å². The molecule has 0 bridgehead atoms. The number of rotatable bonds is 6. The second-order valence-electron chi connectivity index (χ2n) is 9.58. The van der Waals surface area contributed by atoms with Gasteiger partial charge in [-0.2, -0.15) is 5.10 Å². The molecule has 1 aliphatic carbocycles. The predicted molar refractivity (Wildman–Crippen MR) is 149 cm³/mol. The molecule has 3 N–H and O–H groups in total. The van der Waals surface area contributed by atoms with E-state index in [9.17, 15) is 9.59 Å². The molecule has 0 saturated heterocycles. The second kappa shape index (κ2) is 8.74. The Morgan fingerprint density at radius 1 is 1.00 bits per heavy atom. The van der Waals surface area contributed by atoms with E-state index in [4.69, 9.17) is 0 Å². The van der Waals surface area contributed by atoms with Crippen LogP contribution in [0.5, 0.6) is 0 Å². The number of fused-ring (bicyclic) bond motifs is 2. The Bertz CT molecular complexity index is 1880. The Hall–Kier alpha value is -4.63. The first-order valence-corrected chi connectivity index (χ1v) is 13.2. The van der Waals surface area contributed by atoms with Gasteiger partial charge in [-0.25, -0.2) is 0 Å². The van der Waals surface area contributed by atoms with Crippen molar-refractivity contribution in [3.63, 3.8) is 0 Å². The van der Waals surface area contributed by atoms with Crippen LogP contribution in [0.15, 0.2) is 67.1 Å². The van der Waals surface area contributed by atoms with Crippen LogP contribution >= 0.6 is 11.3 Å². The smallest absolute Gasteiger partial charge is 0.227 e. The topological polar surface area (TPSA) is 116 Å². The lowest BCUT2D eigenvalue weighted by Gasteiger charge is -2.06. The van der Waals surface area contributed by atoms with Crippen LogP contribution < -0.4 is 5.32 Å². The number of anilines is 1. The highest BCUT2D eigenvalue weighted by Gasteiger charge is 2.29. The lowest BCUT2D eigenvalue weighted by Crippen LogP contribution is -2.13. The Morgan fingerprint density at radius 2 is 1.89 bits per heavy atom. The molecule has 1 amide bonds. The van der Waals surface area contributed by atoms with Gasteiger partial charge in [0.15, 0.2) is 5.78 Å². The van der Waals surface area contributed by atoms with Gasteiger partial charge in [0.2, 0.25) is 5.91 Å². The third-order valence-corrected chi connectivity index (χ3v) is 8.05. The van der Waals surface area contributed by atoms with Crippen molar-refractivity contribution in [3.05, 3.63) is 72.0 Å². The number of carbonyl (C=O) groups is 2. The van der Waals surface area contributed by atoms with Crippen molar-refractivity contribution in [1.29, 1.82) is 0 Å². The lowest BCUT2D eigenvalue weighted by atomic mass is 10.1. The zero-order chi connectivity index (χ0) is 25.8. The summed E-state index contributed by atoms with van der Waals surface area (Å²) in [4.78, 5) is 38.3. The van der Waals surface area contributed by atoms with Crippen molar-refractivity contribution in [3.8, 4) is 33.1 Å². The summed E-state index contributed by atoms with van der Waals surface area (Å²) in [7, 11) is 0. The number of benzene rings is 1. The molecule has 9 heteroatoms. The first kappa shape index (κ1) is 22.6. The fraction of sp³-hybridized carbons (Fsp3) is 0.138. The number of nitrogens with zero attached hydrogens (tertiary/aromatic N) is 3.